The third-order valence-electron chi connectivity index (χ3n) is 6.40. The number of carbonyl (C=O) groups excluding carboxylic acids is 1. The summed E-state index contributed by atoms with van der Waals surface area (Å²) in [4.78, 5) is 11.4. The standard InChI is InChI=1S/C20H24O2/c1-13(21)22-19-10-9-18-17-8-7-14-5-3-4-6-15(14)16(17)11-12-20(18,19)2/h3-6,10,16-18H,7-9,11-12H2,1-2H3/t16-,17-,18+,20+/m1/s1. The molecule has 1 saturated carbocycles. The Bertz CT molecular complexity index is 645. The van der Waals surface area contributed by atoms with E-state index in [-0.39, 0.29) is 11.4 Å². The van der Waals surface area contributed by atoms with E-state index in [1.165, 1.54) is 26.2 Å². The van der Waals surface area contributed by atoms with Gasteiger partial charge in [0.1, 0.15) is 5.76 Å². The van der Waals surface area contributed by atoms with E-state index in [9.17, 15) is 4.79 Å². The molecule has 4 rings (SSSR count). The maximum atomic E-state index is 11.4. The minimum atomic E-state index is -0.177. The number of hydrogen-bond acceptors (Lipinski definition) is 2. The second-order valence-corrected chi connectivity index (χ2v) is 7.47. The fraction of sp³-hybridized carbons (Fsp3) is 0.550. The Morgan fingerprint density at radius 3 is 2.91 bits per heavy atom. The Balaban J connectivity index is 1.64. The van der Waals surface area contributed by atoms with Crippen LogP contribution in [-0.4, -0.2) is 5.97 Å². The molecule has 4 atom stereocenters. The molecule has 3 aliphatic rings. The molecule has 0 radical (unpaired) electrons. The normalized spacial score (nSPS) is 35.9. The van der Waals surface area contributed by atoms with E-state index >= 15 is 0 Å². The predicted molar refractivity (Wildman–Crippen MR) is 86.3 cm³/mol. The van der Waals surface area contributed by atoms with E-state index in [0.717, 1.165) is 24.5 Å². The van der Waals surface area contributed by atoms with Crippen molar-refractivity contribution < 1.29 is 9.53 Å². The van der Waals surface area contributed by atoms with Crippen molar-refractivity contribution in [3.8, 4) is 0 Å². The Morgan fingerprint density at radius 1 is 1.27 bits per heavy atom. The third-order valence-corrected chi connectivity index (χ3v) is 6.40. The van der Waals surface area contributed by atoms with Gasteiger partial charge < -0.3 is 4.74 Å². The monoisotopic (exact) mass is 296 g/mol. The highest BCUT2D eigenvalue weighted by atomic mass is 16.5. The number of ether oxygens (including phenoxy) is 1. The van der Waals surface area contributed by atoms with Crippen molar-refractivity contribution in [1.82, 2.24) is 0 Å². The number of rotatable bonds is 1. The van der Waals surface area contributed by atoms with Gasteiger partial charge in [-0.05, 0) is 67.1 Å². The van der Waals surface area contributed by atoms with Crippen molar-refractivity contribution in [3.05, 3.63) is 47.2 Å². The van der Waals surface area contributed by atoms with Crippen LogP contribution >= 0.6 is 0 Å². The van der Waals surface area contributed by atoms with E-state index in [2.05, 4.69) is 37.3 Å². The summed E-state index contributed by atoms with van der Waals surface area (Å²) in [6.07, 6.45) is 8.09. The van der Waals surface area contributed by atoms with Crippen LogP contribution in [0.15, 0.2) is 36.1 Å². The number of allylic oxidation sites excluding steroid dienone is 2. The van der Waals surface area contributed by atoms with Crippen molar-refractivity contribution in [2.24, 2.45) is 17.3 Å². The van der Waals surface area contributed by atoms with Crippen LogP contribution in [0.2, 0.25) is 0 Å². The Kier molecular flexibility index (Phi) is 3.18. The SMILES string of the molecule is CC(=O)OC1=CC[C@H]2[C@@H]3CCc4ccccc4[C@H]3CC[C@]12C. The molecule has 0 unspecified atom stereocenters. The van der Waals surface area contributed by atoms with Gasteiger partial charge in [-0.2, -0.15) is 0 Å². The molecule has 116 valence electrons. The number of benzene rings is 1. The molecule has 0 spiro atoms. The van der Waals surface area contributed by atoms with Crippen molar-refractivity contribution in [3.63, 3.8) is 0 Å². The van der Waals surface area contributed by atoms with Crippen LogP contribution < -0.4 is 0 Å². The molecule has 0 N–H and O–H groups in total. The summed E-state index contributed by atoms with van der Waals surface area (Å²) >= 11 is 0. The Labute approximate surface area is 132 Å². The van der Waals surface area contributed by atoms with Crippen molar-refractivity contribution >= 4 is 5.97 Å². The maximum Gasteiger partial charge on any atom is 0.307 e. The largest absolute Gasteiger partial charge is 0.431 e. The van der Waals surface area contributed by atoms with Gasteiger partial charge in [-0.25, -0.2) is 0 Å². The van der Waals surface area contributed by atoms with Crippen LogP contribution in [0, 0.1) is 17.3 Å². The number of esters is 1. The van der Waals surface area contributed by atoms with E-state index in [0.29, 0.717) is 11.8 Å². The van der Waals surface area contributed by atoms with E-state index in [4.69, 9.17) is 4.74 Å². The topological polar surface area (TPSA) is 26.3 Å². The minimum Gasteiger partial charge on any atom is -0.431 e. The van der Waals surface area contributed by atoms with Gasteiger partial charge in [0.2, 0.25) is 0 Å². The van der Waals surface area contributed by atoms with E-state index < -0.39 is 0 Å². The molecule has 0 saturated heterocycles. The lowest BCUT2D eigenvalue weighted by atomic mass is 9.55. The molecule has 2 nitrogen and oxygen atoms in total. The van der Waals surface area contributed by atoms with Gasteiger partial charge in [-0.15, -0.1) is 0 Å². The summed E-state index contributed by atoms with van der Waals surface area (Å²) in [6.45, 7) is 3.83. The van der Waals surface area contributed by atoms with Crippen LogP contribution in [0.1, 0.15) is 56.6 Å². The zero-order valence-corrected chi connectivity index (χ0v) is 13.5. The molecule has 2 heteroatoms. The highest BCUT2D eigenvalue weighted by Gasteiger charge is 2.53. The molecule has 0 heterocycles. The Morgan fingerprint density at radius 2 is 2.09 bits per heavy atom. The zero-order valence-electron chi connectivity index (χ0n) is 13.5. The second-order valence-electron chi connectivity index (χ2n) is 7.47. The molecule has 0 bridgehead atoms. The van der Waals surface area contributed by atoms with Crippen LogP contribution in [0.4, 0.5) is 0 Å². The molecular weight excluding hydrogens is 272 g/mol. The van der Waals surface area contributed by atoms with Gasteiger partial charge in [0, 0.05) is 12.3 Å². The lowest BCUT2D eigenvalue weighted by Crippen LogP contribution is -2.41. The Hall–Kier alpha value is -1.57. The quantitative estimate of drug-likeness (QED) is 0.708. The summed E-state index contributed by atoms with van der Waals surface area (Å²) in [7, 11) is 0. The molecule has 1 aromatic carbocycles. The highest BCUT2D eigenvalue weighted by molar-refractivity contribution is 5.67. The van der Waals surface area contributed by atoms with Crippen LogP contribution in [-0.2, 0) is 16.0 Å². The number of hydrogen-bond donors (Lipinski definition) is 0. The summed E-state index contributed by atoms with van der Waals surface area (Å²) in [6, 6.07) is 9.00. The predicted octanol–water partition coefficient (Wildman–Crippen LogP) is 4.60. The lowest BCUT2D eigenvalue weighted by Gasteiger charge is -2.49. The molecule has 1 fully saturated rings. The molecular formula is C20H24O2. The summed E-state index contributed by atoms with van der Waals surface area (Å²) in [5.41, 5.74) is 3.21. The van der Waals surface area contributed by atoms with Gasteiger partial charge in [0.15, 0.2) is 0 Å². The molecule has 22 heavy (non-hydrogen) atoms. The average molecular weight is 296 g/mol. The first-order valence-corrected chi connectivity index (χ1v) is 8.56. The van der Waals surface area contributed by atoms with Gasteiger partial charge in [0.25, 0.3) is 0 Å². The first-order chi connectivity index (χ1) is 10.6. The smallest absolute Gasteiger partial charge is 0.307 e. The van der Waals surface area contributed by atoms with E-state index in [1.807, 2.05) is 0 Å². The van der Waals surface area contributed by atoms with Crippen LogP contribution in [0.5, 0.6) is 0 Å². The summed E-state index contributed by atoms with van der Waals surface area (Å²) in [5, 5.41) is 0. The van der Waals surface area contributed by atoms with E-state index in [1.54, 1.807) is 11.1 Å². The lowest BCUT2D eigenvalue weighted by molar-refractivity contribution is -0.139. The van der Waals surface area contributed by atoms with Crippen LogP contribution in [0.25, 0.3) is 0 Å². The second kappa shape index (κ2) is 4.97. The summed E-state index contributed by atoms with van der Waals surface area (Å²) in [5.74, 6) is 2.84. The molecule has 3 aliphatic carbocycles. The number of carbonyl (C=O) groups is 1. The fourth-order valence-electron chi connectivity index (χ4n) is 5.36. The van der Waals surface area contributed by atoms with Crippen LogP contribution in [0.3, 0.4) is 0 Å². The fourth-order valence-corrected chi connectivity index (χ4v) is 5.36. The first-order valence-electron chi connectivity index (χ1n) is 8.56. The minimum absolute atomic E-state index is 0.0686. The third kappa shape index (κ3) is 1.96. The number of fused-ring (bicyclic) bond motifs is 5. The molecule has 0 aliphatic heterocycles. The van der Waals surface area contributed by atoms with Crippen molar-refractivity contribution in [2.45, 2.75) is 51.9 Å². The molecule has 0 aromatic heterocycles. The van der Waals surface area contributed by atoms with Crippen molar-refractivity contribution in [2.75, 3.05) is 0 Å². The van der Waals surface area contributed by atoms with Gasteiger partial charge >= 0.3 is 5.97 Å². The first kappa shape index (κ1) is 14.0. The highest BCUT2D eigenvalue weighted by Crippen LogP contribution is 2.61. The average Bonchev–Trinajstić information content (AvgIpc) is 2.83. The molecule has 0 amide bonds. The van der Waals surface area contributed by atoms with Crippen molar-refractivity contribution in [1.29, 1.82) is 0 Å². The molecule has 1 aromatic rings. The van der Waals surface area contributed by atoms with Gasteiger partial charge in [0.05, 0.1) is 0 Å². The zero-order chi connectivity index (χ0) is 15.3. The summed E-state index contributed by atoms with van der Waals surface area (Å²) < 4.78 is 5.56. The maximum absolute atomic E-state index is 11.4. The van der Waals surface area contributed by atoms with Gasteiger partial charge in [-0.3, -0.25) is 4.79 Å². The van der Waals surface area contributed by atoms with Gasteiger partial charge in [-0.1, -0.05) is 31.2 Å². The number of aryl methyl sites for hydroxylation is 1.